The highest BCUT2D eigenvalue weighted by Gasteiger charge is 2.55. The Bertz CT molecular complexity index is 1190. The second kappa shape index (κ2) is 7.74. The number of hydrogen-bond acceptors (Lipinski definition) is 4. The molecule has 1 aliphatic carbocycles. The van der Waals surface area contributed by atoms with E-state index in [9.17, 15) is 8.42 Å². The highest BCUT2D eigenvalue weighted by Crippen LogP contribution is 2.54. The third-order valence-corrected chi connectivity index (χ3v) is 8.72. The second-order valence-corrected chi connectivity index (χ2v) is 10.6. The third-order valence-electron chi connectivity index (χ3n) is 7.30. The molecule has 1 saturated carbocycles. The quantitative estimate of drug-likeness (QED) is 0.617. The Balaban J connectivity index is 1.44. The van der Waals surface area contributed by atoms with Gasteiger partial charge in [-0.15, -0.1) is 0 Å². The van der Waals surface area contributed by atoms with Crippen LogP contribution in [0, 0.1) is 11.8 Å². The molecule has 0 radical (unpaired) electrons. The van der Waals surface area contributed by atoms with Crippen molar-refractivity contribution >= 4 is 20.9 Å². The van der Waals surface area contributed by atoms with Crippen molar-refractivity contribution < 1.29 is 13.2 Å². The van der Waals surface area contributed by atoms with E-state index in [-0.39, 0.29) is 0 Å². The summed E-state index contributed by atoms with van der Waals surface area (Å²) in [6.07, 6.45) is 4.30. The van der Waals surface area contributed by atoms with Crippen LogP contribution in [0.5, 0.6) is 0 Å². The fourth-order valence-electron chi connectivity index (χ4n) is 5.90. The molecule has 7 heteroatoms. The van der Waals surface area contributed by atoms with Crippen LogP contribution in [0.25, 0.3) is 10.9 Å². The summed E-state index contributed by atoms with van der Waals surface area (Å²) in [6.45, 7) is 2.78. The summed E-state index contributed by atoms with van der Waals surface area (Å²) in [5.41, 5.74) is 3.04. The first-order chi connectivity index (χ1) is 15.0. The fourth-order valence-corrected chi connectivity index (χ4v) is 6.67. The van der Waals surface area contributed by atoms with Gasteiger partial charge in [0.05, 0.1) is 4.90 Å². The molecule has 1 saturated heterocycles. The van der Waals surface area contributed by atoms with Gasteiger partial charge in [-0.3, -0.25) is 4.90 Å². The molecular formula is C24H29N3O3S. The van der Waals surface area contributed by atoms with Gasteiger partial charge in [0.15, 0.2) is 0 Å². The monoisotopic (exact) mass is 439 g/mol. The number of fused-ring (bicyclic) bond motifs is 3. The Labute approximate surface area is 183 Å². The number of likely N-dealkylation sites (tertiary alicyclic amines) is 1. The lowest BCUT2D eigenvalue weighted by Crippen LogP contribution is -2.52. The van der Waals surface area contributed by atoms with Crippen molar-refractivity contribution in [2.24, 2.45) is 11.8 Å². The molecule has 2 atom stereocenters. The Kier molecular flexibility index (Phi) is 5.17. The first-order valence-electron chi connectivity index (χ1n) is 10.8. The van der Waals surface area contributed by atoms with Crippen LogP contribution in [0.15, 0.2) is 59.6 Å². The number of nitrogens with one attached hydrogen (secondary N) is 2. The molecule has 2 aliphatic rings. The van der Waals surface area contributed by atoms with Crippen LogP contribution in [0.1, 0.15) is 24.0 Å². The van der Waals surface area contributed by atoms with Gasteiger partial charge in [0.1, 0.15) is 5.60 Å². The number of sulfonamides is 1. The maximum Gasteiger partial charge on any atom is 0.240 e. The van der Waals surface area contributed by atoms with E-state index in [4.69, 9.17) is 4.74 Å². The molecule has 2 heterocycles. The van der Waals surface area contributed by atoms with E-state index in [1.165, 1.54) is 23.5 Å². The Morgan fingerprint density at radius 3 is 2.58 bits per heavy atom. The van der Waals surface area contributed by atoms with Crippen molar-refractivity contribution in [2.45, 2.75) is 29.9 Å². The van der Waals surface area contributed by atoms with Gasteiger partial charge in [0.2, 0.25) is 10.0 Å². The van der Waals surface area contributed by atoms with Gasteiger partial charge >= 0.3 is 0 Å². The predicted octanol–water partition coefficient (Wildman–Crippen LogP) is 3.46. The van der Waals surface area contributed by atoms with Crippen LogP contribution >= 0.6 is 0 Å². The van der Waals surface area contributed by atoms with E-state index >= 15 is 0 Å². The van der Waals surface area contributed by atoms with E-state index in [0.29, 0.717) is 16.7 Å². The first kappa shape index (κ1) is 20.7. The predicted molar refractivity (Wildman–Crippen MR) is 121 cm³/mol. The summed E-state index contributed by atoms with van der Waals surface area (Å²) in [4.78, 5) is 6.21. The largest absolute Gasteiger partial charge is 0.373 e. The number of para-hydroxylation sites is 1. The lowest BCUT2D eigenvalue weighted by molar-refractivity contribution is -0.120. The number of hydrogen-bond donors (Lipinski definition) is 2. The number of H-pyrrole nitrogens is 1. The summed E-state index contributed by atoms with van der Waals surface area (Å²) in [5, 5.41) is 1.28. The van der Waals surface area contributed by atoms with E-state index in [2.05, 4.69) is 45.1 Å². The second-order valence-electron chi connectivity index (χ2n) is 8.76. The molecule has 0 amide bonds. The van der Waals surface area contributed by atoms with Crippen LogP contribution in [0.3, 0.4) is 0 Å². The number of aromatic amines is 1. The van der Waals surface area contributed by atoms with Gasteiger partial charge in [-0.25, -0.2) is 13.1 Å². The molecule has 2 aromatic carbocycles. The van der Waals surface area contributed by atoms with Gasteiger partial charge in [0, 0.05) is 55.7 Å². The molecule has 164 valence electrons. The topological polar surface area (TPSA) is 74.4 Å². The normalized spacial score (nSPS) is 26.5. The smallest absolute Gasteiger partial charge is 0.240 e. The zero-order valence-corrected chi connectivity index (χ0v) is 18.8. The Morgan fingerprint density at radius 1 is 1.13 bits per heavy atom. The number of aromatic nitrogens is 1. The minimum Gasteiger partial charge on any atom is -0.373 e. The SMILES string of the molecule is CNS(=O)(=O)c1cccc(C2(OC)C3CCC2CN(Cc2c[nH]c4ccccc24)C3)c1. The zero-order valence-electron chi connectivity index (χ0n) is 18.0. The van der Waals surface area contributed by atoms with Crippen molar-refractivity contribution in [3.63, 3.8) is 0 Å². The van der Waals surface area contributed by atoms with E-state index < -0.39 is 15.6 Å². The Morgan fingerprint density at radius 2 is 1.87 bits per heavy atom. The van der Waals surface area contributed by atoms with E-state index in [1.54, 1.807) is 19.2 Å². The molecule has 2 N–H and O–H groups in total. The van der Waals surface area contributed by atoms with Crippen LogP contribution < -0.4 is 4.72 Å². The van der Waals surface area contributed by atoms with Crippen molar-refractivity contribution in [3.8, 4) is 0 Å². The lowest BCUT2D eigenvalue weighted by atomic mass is 9.75. The lowest BCUT2D eigenvalue weighted by Gasteiger charge is -2.47. The third kappa shape index (κ3) is 3.31. The van der Waals surface area contributed by atoms with Crippen LogP contribution in [-0.2, 0) is 26.9 Å². The summed E-state index contributed by atoms with van der Waals surface area (Å²) in [7, 11) is -0.271. The highest BCUT2D eigenvalue weighted by atomic mass is 32.2. The highest BCUT2D eigenvalue weighted by molar-refractivity contribution is 7.89. The zero-order chi connectivity index (χ0) is 21.6. The van der Waals surface area contributed by atoms with E-state index in [0.717, 1.165) is 38.0 Å². The molecule has 3 aromatic rings. The molecule has 2 bridgehead atoms. The maximum atomic E-state index is 12.4. The van der Waals surface area contributed by atoms with Crippen LogP contribution in [0.4, 0.5) is 0 Å². The number of methoxy groups -OCH3 is 1. The molecule has 6 nitrogen and oxygen atoms in total. The average Bonchev–Trinajstić information content (AvgIpc) is 3.28. The van der Waals surface area contributed by atoms with Gasteiger partial charge in [-0.2, -0.15) is 0 Å². The maximum absolute atomic E-state index is 12.4. The van der Waals surface area contributed by atoms with Gasteiger partial charge in [-0.1, -0.05) is 30.3 Å². The molecule has 0 spiro atoms. The van der Waals surface area contributed by atoms with Crippen molar-refractivity contribution in [1.82, 2.24) is 14.6 Å². The summed E-state index contributed by atoms with van der Waals surface area (Å²) in [6, 6.07) is 15.7. The summed E-state index contributed by atoms with van der Waals surface area (Å²) in [5.74, 6) is 0.656. The first-order valence-corrected chi connectivity index (χ1v) is 12.3. The standard InChI is InChI=1S/C24H29N3O3S/c1-25-31(28,29)21-7-5-6-18(12-21)24(30-2)19-10-11-20(24)16-27(15-19)14-17-13-26-23-9-4-3-8-22(17)23/h3-9,12-13,19-20,25-26H,10-11,14-16H2,1-2H3. The van der Waals surface area contributed by atoms with Crippen molar-refractivity contribution in [3.05, 3.63) is 65.9 Å². The fraction of sp³-hybridized carbons (Fsp3) is 0.417. The molecule has 2 unspecified atom stereocenters. The Hall–Kier alpha value is -2.19. The number of ether oxygens (including phenoxy) is 1. The molecule has 2 fully saturated rings. The number of nitrogens with zero attached hydrogens (tertiary/aromatic N) is 1. The van der Waals surface area contributed by atoms with E-state index in [1.807, 2.05) is 12.1 Å². The summed E-state index contributed by atoms with van der Waals surface area (Å²) < 4.78 is 33.4. The summed E-state index contributed by atoms with van der Waals surface area (Å²) >= 11 is 0. The van der Waals surface area contributed by atoms with Gasteiger partial charge in [-0.05, 0) is 49.2 Å². The van der Waals surface area contributed by atoms with Crippen molar-refractivity contribution in [2.75, 3.05) is 27.2 Å². The molecule has 5 rings (SSSR count). The number of benzene rings is 2. The van der Waals surface area contributed by atoms with Crippen LogP contribution in [-0.4, -0.2) is 45.5 Å². The van der Waals surface area contributed by atoms with Gasteiger partial charge < -0.3 is 9.72 Å². The number of rotatable bonds is 6. The molecule has 1 aromatic heterocycles. The van der Waals surface area contributed by atoms with Crippen LogP contribution in [0.2, 0.25) is 0 Å². The van der Waals surface area contributed by atoms with Gasteiger partial charge in [0.25, 0.3) is 0 Å². The number of piperidine rings is 1. The minimum atomic E-state index is -3.49. The molecular weight excluding hydrogens is 410 g/mol. The minimum absolute atomic E-state index is 0.296. The van der Waals surface area contributed by atoms with Crippen molar-refractivity contribution in [1.29, 1.82) is 0 Å². The molecule has 31 heavy (non-hydrogen) atoms. The molecule has 1 aliphatic heterocycles. The average molecular weight is 440 g/mol.